The lowest BCUT2D eigenvalue weighted by atomic mass is 9.81. The van der Waals surface area contributed by atoms with Gasteiger partial charge in [-0.1, -0.05) is 85.2 Å². The molecule has 4 nitrogen and oxygen atoms in total. The molecule has 0 saturated carbocycles. The molecule has 0 amide bonds. The molecule has 0 saturated heterocycles. The van der Waals surface area contributed by atoms with Gasteiger partial charge in [0, 0.05) is 12.2 Å². The van der Waals surface area contributed by atoms with Crippen LogP contribution < -0.4 is 10.6 Å². The number of unbranched alkanes of at least 4 members (excludes halogenated alkanes) is 2. The van der Waals surface area contributed by atoms with Gasteiger partial charge in [-0.2, -0.15) is 0 Å². The van der Waals surface area contributed by atoms with E-state index in [0.717, 1.165) is 44.5 Å². The van der Waals surface area contributed by atoms with Crippen molar-refractivity contribution in [2.24, 2.45) is 0 Å². The standard InChI is InChI=1S/C22H26Cl4N2O2/c1-3-5-11-27-14-7-9-21(10-8-14,28-12-6-4-2)16-13-15-17(19(24)18(16)23)22(25,26)30-20(15)29/h7-9,13,27-28H,3-6,10-12H2,1-2H3. The molecule has 30 heavy (non-hydrogen) atoms. The Morgan fingerprint density at radius 1 is 1.10 bits per heavy atom. The number of carbonyl (C=O) groups excluding carboxylic acids is 1. The lowest BCUT2D eigenvalue weighted by Gasteiger charge is -2.36. The molecule has 1 heterocycles. The molecule has 1 atom stereocenters. The zero-order chi connectivity index (χ0) is 21.9. The quantitative estimate of drug-likeness (QED) is 0.233. The van der Waals surface area contributed by atoms with E-state index >= 15 is 0 Å². The zero-order valence-electron chi connectivity index (χ0n) is 17.1. The number of halogens is 4. The average molecular weight is 492 g/mol. The molecule has 164 valence electrons. The Morgan fingerprint density at radius 2 is 1.80 bits per heavy atom. The number of esters is 1. The van der Waals surface area contributed by atoms with Crippen LogP contribution in [-0.4, -0.2) is 19.1 Å². The summed E-state index contributed by atoms with van der Waals surface area (Å²) < 4.78 is 3.25. The van der Waals surface area contributed by atoms with Crippen molar-refractivity contribution >= 4 is 52.4 Å². The van der Waals surface area contributed by atoms with Crippen molar-refractivity contribution in [3.63, 3.8) is 0 Å². The normalized spacial score (nSPS) is 21.9. The third-order valence-electron chi connectivity index (χ3n) is 5.44. The van der Waals surface area contributed by atoms with E-state index in [-0.39, 0.29) is 16.1 Å². The summed E-state index contributed by atoms with van der Waals surface area (Å²) in [6.07, 6.45) is 11.2. The monoisotopic (exact) mass is 490 g/mol. The van der Waals surface area contributed by atoms with Crippen LogP contribution in [0, 0.1) is 0 Å². The van der Waals surface area contributed by atoms with E-state index < -0.39 is 16.0 Å². The van der Waals surface area contributed by atoms with Crippen molar-refractivity contribution < 1.29 is 9.53 Å². The van der Waals surface area contributed by atoms with E-state index in [1.54, 1.807) is 6.07 Å². The number of benzene rings is 1. The number of carbonyl (C=O) groups is 1. The van der Waals surface area contributed by atoms with Crippen LogP contribution in [0.2, 0.25) is 10.0 Å². The van der Waals surface area contributed by atoms with Crippen molar-refractivity contribution in [2.75, 3.05) is 13.1 Å². The molecule has 0 aromatic heterocycles. The number of hydrogen-bond donors (Lipinski definition) is 2. The first-order chi connectivity index (χ1) is 14.3. The molecule has 0 fully saturated rings. The van der Waals surface area contributed by atoms with Crippen LogP contribution in [0.25, 0.3) is 0 Å². The second-order valence-corrected chi connectivity index (χ2v) is 9.62. The van der Waals surface area contributed by atoms with E-state index in [4.69, 9.17) is 51.1 Å². The highest BCUT2D eigenvalue weighted by Gasteiger charge is 2.47. The molecule has 1 aromatic rings. The number of nitrogens with one attached hydrogen (secondary N) is 2. The summed E-state index contributed by atoms with van der Waals surface area (Å²) >= 11 is 25.6. The van der Waals surface area contributed by atoms with Crippen LogP contribution in [0.4, 0.5) is 0 Å². The Balaban J connectivity index is 2.00. The van der Waals surface area contributed by atoms with Crippen molar-refractivity contribution in [3.8, 4) is 0 Å². The summed E-state index contributed by atoms with van der Waals surface area (Å²) in [5.41, 5.74) is 1.61. The first kappa shape index (κ1) is 23.7. The van der Waals surface area contributed by atoms with Crippen LogP contribution in [0.3, 0.4) is 0 Å². The van der Waals surface area contributed by atoms with Gasteiger partial charge in [0.1, 0.15) is 0 Å². The lowest BCUT2D eigenvalue weighted by Crippen LogP contribution is -2.43. The van der Waals surface area contributed by atoms with Gasteiger partial charge in [0.05, 0.1) is 26.7 Å². The summed E-state index contributed by atoms with van der Waals surface area (Å²) in [5, 5.41) is 7.51. The van der Waals surface area contributed by atoms with E-state index in [2.05, 4.69) is 36.6 Å². The van der Waals surface area contributed by atoms with Gasteiger partial charge in [0.15, 0.2) is 0 Å². The number of hydrogen-bond acceptors (Lipinski definition) is 4. The summed E-state index contributed by atoms with van der Waals surface area (Å²) in [6, 6.07) is 1.70. The summed E-state index contributed by atoms with van der Waals surface area (Å²) in [4.78, 5) is 12.4. The third kappa shape index (κ3) is 4.63. The molecule has 3 rings (SSSR count). The number of fused-ring (bicyclic) bond motifs is 1. The molecule has 0 radical (unpaired) electrons. The maximum absolute atomic E-state index is 12.4. The zero-order valence-corrected chi connectivity index (χ0v) is 20.1. The average Bonchev–Trinajstić information content (AvgIpc) is 2.94. The first-order valence-electron chi connectivity index (χ1n) is 10.3. The van der Waals surface area contributed by atoms with Crippen LogP contribution >= 0.6 is 46.4 Å². The number of ether oxygens (including phenoxy) is 1. The van der Waals surface area contributed by atoms with E-state index in [9.17, 15) is 4.79 Å². The van der Waals surface area contributed by atoms with Crippen molar-refractivity contribution in [1.29, 1.82) is 0 Å². The fraction of sp³-hybridized carbons (Fsp3) is 0.500. The molecule has 1 aliphatic heterocycles. The molecule has 1 aromatic carbocycles. The molecule has 1 aliphatic carbocycles. The summed E-state index contributed by atoms with van der Waals surface area (Å²) in [5.74, 6) is -0.615. The Kier molecular flexibility index (Phi) is 7.68. The molecular weight excluding hydrogens is 466 g/mol. The highest BCUT2D eigenvalue weighted by molar-refractivity contribution is 6.51. The van der Waals surface area contributed by atoms with Gasteiger partial charge < -0.3 is 15.4 Å². The van der Waals surface area contributed by atoms with Gasteiger partial charge in [0.2, 0.25) is 0 Å². The van der Waals surface area contributed by atoms with Crippen LogP contribution in [0.15, 0.2) is 30.0 Å². The largest absolute Gasteiger partial charge is 0.421 e. The molecule has 2 aliphatic rings. The summed E-state index contributed by atoms with van der Waals surface area (Å²) in [6.45, 7) is 6.01. The lowest BCUT2D eigenvalue weighted by molar-refractivity contribution is 0.0447. The molecule has 2 N–H and O–H groups in total. The minimum Gasteiger partial charge on any atom is -0.421 e. The van der Waals surface area contributed by atoms with Gasteiger partial charge in [-0.25, -0.2) is 4.79 Å². The fourth-order valence-electron chi connectivity index (χ4n) is 3.71. The Hall–Kier alpha value is -0.910. The van der Waals surface area contributed by atoms with Crippen LogP contribution in [0.5, 0.6) is 0 Å². The van der Waals surface area contributed by atoms with Gasteiger partial charge >= 0.3 is 5.97 Å². The molecule has 0 spiro atoms. The molecule has 1 unspecified atom stereocenters. The minimum absolute atomic E-state index is 0.140. The second-order valence-electron chi connectivity index (χ2n) is 7.61. The molecular formula is C22H26Cl4N2O2. The smallest absolute Gasteiger partial charge is 0.341 e. The number of cyclic esters (lactones) is 1. The number of rotatable bonds is 9. The number of alkyl halides is 2. The fourth-order valence-corrected chi connectivity index (χ4v) is 5.00. The molecule has 0 bridgehead atoms. The topological polar surface area (TPSA) is 50.4 Å². The Morgan fingerprint density at radius 3 is 2.43 bits per heavy atom. The maximum atomic E-state index is 12.4. The van der Waals surface area contributed by atoms with E-state index in [1.807, 2.05) is 6.08 Å². The first-order valence-corrected chi connectivity index (χ1v) is 11.8. The summed E-state index contributed by atoms with van der Waals surface area (Å²) in [7, 11) is 0. The van der Waals surface area contributed by atoms with Gasteiger partial charge in [-0.05, 0) is 43.5 Å². The predicted octanol–water partition coefficient (Wildman–Crippen LogP) is 6.57. The highest BCUT2D eigenvalue weighted by Crippen LogP contribution is 2.51. The number of allylic oxidation sites excluding steroid dienone is 1. The van der Waals surface area contributed by atoms with Crippen molar-refractivity contribution in [3.05, 3.63) is 56.7 Å². The Labute approximate surface area is 197 Å². The predicted molar refractivity (Wildman–Crippen MR) is 125 cm³/mol. The second kappa shape index (κ2) is 9.70. The maximum Gasteiger partial charge on any atom is 0.341 e. The molecule has 8 heteroatoms. The van der Waals surface area contributed by atoms with Gasteiger partial charge in [0.25, 0.3) is 4.52 Å². The van der Waals surface area contributed by atoms with Crippen LogP contribution in [0.1, 0.15) is 67.4 Å². The van der Waals surface area contributed by atoms with Crippen LogP contribution in [-0.2, 0) is 14.8 Å². The van der Waals surface area contributed by atoms with Crippen molar-refractivity contribution in [1.82, 2.24) is 10.6 Å². The highest BCUT2D eigenvalue weighted by atomic mass is 35.5. The van der Waals surface area contributed by atoms with Gasteiger partial charge in [-0.3, -0.25) is 0 Å². The van der Waals surface area contributed by atoms with E-state index in [0.29, 0.717) is 17.0 Å². The van der Waals surface area contributed by atoms with E-state index in [1.165, 1.54) is 0 Å². The van der Waals surface area contributed by atoms with Crippen molar-refractivity contribution in [2.45, 2.75) is 56.0 Å². The van der Waals surface area contributed by atoms with Gasteiger partial charge in [-0.15, -0.1) is 0 Å². The minimum atomic E-state index is -1.84. The third-order valence-corrected chi connectivity index (χ3v) is 6.84. The Bertz CT molecular complexity index is 882. The SMILES string of the molecule is CCCCNC1=CCC(NCCCC)(c2cc3c(c(Cl)c2Cl)C(Cl)(Cl)OC3=O)C=C1.